The number of hydrogen-bond acceptors (Lipinski definition) is 1. The van der Waals surface area contributed by atoms with E-state index in [1.807, 2.05) is 0 Å². The first-order valence-corrected chi connectivity index (χ1v) is 7.92. The van der Waals surface area contributed by atoms with Crippen LogP contribution in [-0.4, -0.2) is 6.54 Å². The van der Waals surface area contributed by atoms with Gasteiger partial charge in [0.05, 0.1) is 0 Å². The maximum Gasteiger partial charge on any atom is 0.0351 e. The predicted molar refractivity (Wildman–Crippen MR) is 83.3 cm³/mol. The van der Waals surface area contributed by atoms with Crippen molar-refractivity contribution in [2.75, 3.05) is 6.54 Å². The highest BCUT2D eigenvalue weighted by molar-refractivity contribution is 5.29. The molecule has 0 aliphatic heterocycles. The molecular weight excluding hydrogens is 230 g/mol. The molecule has 0 saturated heterocycles. The minimum Gasteiger partial charge on any atom is -0.310 e. The maximum absolute atomic E-state index is 3.74. The highest BCUT2D eigenvalue weighted by Gasteiger charge is 2.30. The molecule has 19 heavy (non-hydrogen) atoms. The summed E-state index contributed by atoms with van der Waals surface area (Å²) in [6.07, 6.45) is 4.13. The second-order valence-corrected chi connectivity index (χ2v) is 6.42. The molecular formula is C18H29N. The zero-order chi connectivity index (χ0) is 13.8. The van der Waals surface area contributed by atoms with Gasteiger partial charge in [0.15, 0.2) is 0 Å². The molecule has 0 aromatic heterocycles. The van der Waals surface area contributed by atoms with Crippen LogP contribution >= 0.6 is 0 Å². The Bertz CT molecular complexity index is 398. The summed E-state index contributed by atoms with van der Waals surface area (Å²) in [7, 11) is 0. The molecule has 1 aromatic rings. The first kappa shape index (κ1) is 14.6. The lowest BCUT2D eigenvalue weighted by molar-refractivity contribution is 0.171. The van der Waals surface area contributed by atoms with Crippen molar-refractivity contribution in [1.29, 1.82) is 0 Å². The molecule has 0 bridgehead atoms. The third-order valence-corrected chi connectivity index (χ3v) is 5.06. The quantitative estimate of drug-likeness (QED) is 0.825. The number of rotatable bonds is 4. The van der Waals surface area contributed by atoms with Crippen LogP contribution in [0.2, 0.25) is 0 Å². The molecule has 4 atom stereocenters. The zero-order valence-electron chi connectivity index (χ0n) is 12.9. The summed E-state index contributed by atoms with van der Waals surface area (Å²) in [6, 6.07) is 9.43. The molecule has 1 N–H and O–H groups in total. The van der Waals surface area contributed by atoms with Crippen LogP contribution in [0.3, 0.4) is 0 Å². The SMILES string of the molecule is CCNC(c1ccccc1C)C1CCC(C)C(C)C1. The van der Waals surface area contributed by atoms with Crippen molar-refractivity contribution in [1.82, 2.24) is 5.32 Å². The second-order valence-electron chi connectivity index (χ2n) is 6.42. The summed E-state index contributed by atoms with van der Waals surface area (Å²) in [4.78, 5) is 0. The van der Waals surface area contributed by atoms with Crippen molar-refractivity contribution < 1.29 is 0 Å². The van der Waals surface area contributed by atoms with Gasteiger partial charge in [-0.1, -0.05) is 51.5 Å². The Labute approximate surface area is 118 Å². The van der Waals surface area contributed by atoms with Crippen molar-refractivity contribution in [3.05, 3.63) is 35.4 Å². The minimum atomic E-state index is 0.543. The molecule has 0 spiro atoms. The topological polar surface area (TPSA) is 12.0 Å². The van der Waals surface area contributed by atoms with Gasteiger partial charge in [0.2, 0.25) is 0 Å². The fourth-order valence-electron chi connectivity index (χ4n) is 3.58. The second kappa shape index (κ2) is 6.56. The fourth-order valence-corrected chi connectivity index (χ4v) is 3.58. The molecule has 106 valence electrons. The van der Waals surface area contributed by atoms with E-state index < -0.39 is 0 Å². The zero-order valence-corrected chi connectivity index (χ0v) is 12.9. The van der Waals surface area contributed by atoms with Gasteiger partial charge in [0, 0.05) is 6.04 Å². The fraction of sp³-hybridized carbons (Fsp3) is 0.667. The van der Waals surface area contributed by atoms with E-state index in [2.05, 4.69) is 57.3 Å². The van der Waals surface area contributed by atoms with Gasteiger partial charge < -0.3 is 5.32 Å². The summed E-state index contributed by atoms with van der Waals surface area (Å²) in [5.74, 6) is 2.56. The summed E-state index contributed by atoms with van der Waals surface area (Å²) < 4.78 is 0. The molecule has 0 radical (unpaired) electrons. The van der Waals surface area contributed by atoms with Gasteiger partial charge >= 0.3 is 0 Å². The maximum atomic E-state index is 3.74. The van der Waals surface area contributed by atoms with Crippen LogP contribution in [-0.2, 0) is 0 Å². The Kier molecular flexibility index (Phi) is 5.04. The highest BCUT2D eigenvalue weighted by Crippen LogP contribution is 2.40. The Morgan fingerprint density at radius 3 is 2.53 bits per heavy atom. The van der Waals surface area contributed by atoms with Gasteiger partial charge in [-0.15, -0.1) is 0 Å². The smallest absolute Gasteiger partial charge is 0.0351 e. The van der Waals surface area contributed by atoms with E-state index in [9.17, 15) is 0 Å². The lowest BCUT2D eigenvalue weighted by atomic mass is 9.71. The third-order valence-electron chi connectivity index (χ3n) is 5.06. The Balaban J connectivity index is 2.19. The highest BCUT2D eigenvalue weighted by atomic mass is 14.9. The third kappa shape index (κ3) is 3.39. The van der Waals surface area contributed by atoms with Gasteiger partial charge in [-0.2, -0.15) is 0 Å². The summed E-state index contributed by atoms with van der Waals surface area (Å²) in [5.41, 5.74) is 2.94. The molecule has 0 heterocycles. The van der Waals surface area contributed by atoms with E-state index in [1.165, 1.54) is 30.4 Å². The molecule has 0 amide bonds. The van der Waals surface area contributed by atoms with Crippen molar-refractivity contribution in [3.8, 4) is 0 Å². The average molecular weight is 259 g/mol. The standard InChI is InChI=1S/C18H29N/c1-5-19-18(17-9-7-6-8-14(17)3)16-11-10-13(2)15(4)12-16/h6-9,13,15-16,18-19H,5,10-12H2,1-4H3. The van der Waals surface area contributed by atoms with Crippen molar-refractivity contribution >= 4 is 0 Å². The van der Waals surface area contributed by atoms with Crippen LogP contribution < -0.4 is 5.32 Å². The predicted octanol–water partition coefficient (Wildman–Crippen LogP) is 4.72. The first-order valence-electron chi connectivity index (χ1n) is 7.92. The molecule has 1 aliphatic carbocycles. The van der Waals surface area contributed by atoms with Gasteiger partial charge in [0.1, 0.15) is 0 Å². The largest absolute Gasteiger partial charge is 0.310 e. The molecule has 2 rings (SSSR count). The number of hydrogen-bond donors (Lipinski definition) is 1. The van der Waals surface area contributed by atoms with E-state index >= 15 is 0 Å². The van der Waals surface area contributed by atoms with Crippen LogP contribution in [0.25, 0.3) is 0 Å². The first-order chi connectivity index (χ1) is 9.13. The Morgan fingerprint density at radius 2 is 1.89 bits per heavy atom. The van der Waals surface area contributed by atoms with Crippen LogP contribution in [0, 0.1) is 24.7 Å². The van der Waals surface area contributed by atoms with E-state index in [-0.39, 0.29) is 0 Å². The summed E-state index contributed by atoms with van der Waals surface area (Å²) in [6.45, 7) is 10.4. The molecule has 1 saturated carbocycles. The van der Waals surface area contributed by atoms with E-state index in [1.54, 1.807) is 0 Å². The average Bonchev–Trinajstić information content (AvgIpc) is 2.40. The van der Waals surface area contributed by atoms with E-state index in [0.29, 0.717) is 6.04 Å². The Morgan fingerprint density at radius 1 is 1.16 bits per heavy atom. The van der Waals surface area contributed by atoms with Crippen molar-refractivity contribution in [2.24, 2.45) is 17.8 Å². The monoisotopic (exact) mass is 259 g/mol. The van der Waals surface area contributed by atoms with Crippen LogP contribution in [0.15, 0.2) is 24.3 Å². The number of benzene rings is 1. The van der Waals surface area contributed by atoms with Crippen LogP contribution in [0.4, 0.5) is 0 Å². The number of nitrogens with one attached hydrogen (secondary N) is 1. The molecule has 1 aromatic carbocycles. The van der Waals surface area contributed by atoms with Crippen molar-refractivity contribution in [2.45, 2.75) is 53.0 Å². The van der Waals surface area contributed by atoms with Gasteiger partial charge in [-0.3, -0.25) is 0 Å². The molecule has 1 nitrogen and oxygen atoms in total. The molecule has 1 aliphatic rings. The van der Waals surface area contributed by atoms with Gasteiger partial charge in [0.25, 0.3) is 0 Å². The molecule has 4 unspecified atom stereocenters. The molecule has 1 heteroatoms. The van der Waals surface area contributed by atoms with Crippen LogP contribution in [0.5, 0.6) is 0 Å². The van der Waals surface area contributed by atoms with E-state index in [0.717, 1.165) is 24.3 Å². The summed E-state index contributed by atoms with van der Waals surface area (Å²) in [5, 5.41) is 3.74. The lowest BCUT2D eigenvalue weighted by Crippen LogP contribution is -2.33. The normalized spacial score (nSPS) is 29.2. The minimum absolute atomic E-state index is 0.543. The number of aryl methyl sites for hydroxylation is 1. The van der Waals surface area contributed by atoms with Gasteiger partial charge in [-0.05, 0) is 55.2 Å². The lowest BCUT2D eigenvalue weighted by Gasteiger charge is -2.37. The Hall–Kier alpha value is -0.820. The van der Waals surface area contributed by atoms with Gasteiger partial charge in [-0.25, -0.2) is 0 Å². The molecule has 1 fully saturated rings. The van der Waals surface area contributed by atoms with Crippen LogP contribution in [0.1, 0.15) is 57.2 Å². The van der Waals surface area contributed by atoms with Crippen molar-refractivity contribution in [3.63, 3.8) is 0 Å². The summed E-state index contributed by atoms with van der Waals surface area (Å²) >= 11 is 0. The van der Waals surface area contributed by atoms with E-state index in [4.69, 9.17) is 0 Å².